The van der Waals surface area contributed by atoms with Crippen molar-refractivity contribution in [1.82, 2.24) is 5.32 Å². The topological polar surface area (TPSA) is 21.3 Å². The Labute approximate surface area is 121 Å². The van der Waals surface area contributed by atoms with Gasteiger partial charge in [0, 0.05) is 17.6 Å². The van der Waals surface area contributed by atoms with Gasteiger partial charge in [-0.05, 0) is 30.5 Å². The first-order valence-electron chi connectivity index (χ1n) is 7.21. The Hall–Kier alpha value is -0.570. The van der Waals surface area contributed by atoms with E-state index in [1.54, 1.807) is 0 Å². The molecule has 0 aliphatic heterocycles. The Kier molecular flexibility index (Phi) is 5.26. The first-order valence-corrected chi connectivity index (χ1v) is 7.59. The summed E-state index contributed by atoms with van der Waals surface area (Å²) in [5.41, 5.74) is 1.23. The standard InChI is InChI=1S/C16H24ClNO/c1-13(2)18-12-16(9-3-4-10-16)19-11-14-5-7-15(17)8-6-14/h5-8,13,18H,3-4,9-12H2,1-2H3. The van der Waals surface area contributed by atoms with Gasteiger partial charge in [0.05, 0.1) is 12.2 Å². The largest absolute Gasteiger partial charge is 0.369 e. The fraction of sp³-hybridized carbons (Fsp3) is 0.625. The van der Waals surface area contributed by atoms with E-state index in [4.69, 9.17) is 16.3 Å². The minimum Gasteiger partial charge on any atom is -0.369 e. The second kappa shape index (κ2) is 6.74. The summed E-state index contributed by atoms with van der Waals surface area (Å²) in [5.74, 6) is 0. The number of nitrogens with one attached hydrogen (secondary N) is 1. The van der Waals surface area contributed by atoms with Crippen LogP contribution in [0.2, 0.25) is 5.02 Å². The first-order chi connectivity index (χ1) is 9.10. The predicted octanol–water partition coefficient (Wildman–Crippen LogP) is 4.17. The number of rotatable bonds is 6. The molecule has 0 heterocycles. The lowest BCUT2D eigenvalue weighted by Crippen LogP contribution is -2.43. The molecule has 1 aromatic carbocycles. The summed E-state index contributed by atoms with van der Waals surface area (Å²) < 4.78 is 6.26. The normalized spacial score (nSPS) is 18.1. The Balaban J connectivity index is 1.91. The highest BCUT2D eigenvalue weighted by Gasteiger charge is 2.34. The van der Waals surface area contributed by atoms with Gasteiger partial charge < -0.3 is 10.1 Å². The van der Waals surface area contributed by atoms with Gasteiger partial charge in [0.1, 0.15) is 0 Å². The van der Waals surface area contributed by atoms with Crippen LogP contribution in [-0.2, 0) is 11.3 Å². The van der Waals surface area contributed by atoms with Crippen LogP contribution in [0.25, 0.3) is 0 Å². The fourth-order valence-corrected chi connectivity index (χ4v) is 2.72. The first kappa shape index (κ1) is 14.8. The molecule has 0 saturated heterocycles. The third kappa shape index (κ3) is 4.48. The molecular formula is C16H24ClNO. The zero-order valence-corrected chi connectivity index (χ0v) is 12.7. The van der Waals surface area contributed by atoms with E-state index in [2.05, 4.69) is 19.2 Å². The van der Waals surface area contributed by atoms with E-state index in [0.29, 0.717) is 12.6 Å². The molecule has 0 unspecified atom stereocenters. The monoisotopic (exact) mass is 281 g/mol. The molecule has 106 valence electrons. The number of ether oxygens (including phenoxy) is 1. The van der Waals surface area contributed by atoms with Gasteiger partial charge >= 0.3 is 0 Å². The van der Waals surface area contributed by atoms with Crippen molar-refractivity contribution in [2.45, 2.75) is 57.8 Å². The minimum atomic E-state index is 0.0317. The second-order valence-corrected chi connectivity index (χ2v) is 6.28. The highest BCUT2D eigenvalue weighted by molar-refractivity contribution is 6.30. The van der Waals surface area contributed by atoms with Gasteiger partial charge in [-0.25, -0.2) is 0 Å². The van der Waals surface area contributed by atoms with Crippen molar-refractivity contribution in [3.8, 4) is 0 Å². The summed E-state index contributed by atoms with van der Waals surface area (Å²) in [6.45, 7) is 6.00. The third-order valence-electron chi connectivity index (χ3n) is 3.81. The van der Waals surface area contributed by atoms with Crippen LogP contribution in [0.1, 0.15) is 45.1 Å². The van der Waals surface area contributed by atoms with Gasteiger partial charge in [0.25, 0.3) is 0 Å². The maximum atomic E-state index is 6.26. The summed E-state index contributed by atoms with van der Waals surface area (Å²) in [7, 11) is 0. The van der Waals surface area contributed by atoms with E-state index < -0.39 is 0 Å². The molecule has 0 spiro atoms. The fourth-order valence-electron chi connectivity index (χ4n) is 2.60. The number of hydrogen-bond donors (Lipinski definition) is 1. The van der Waals surface area contributed by atoms with Crippen LogP contribution in [0.3, 0.4) is 0 Å². The van der Waals surface area contributed by atoms with Crippen molar-refractivity contribution in [2.24, 2.45) is 0 Å². The highest BCUT2D eigenvalue weighted by atomic mass is 35.5. The second-order valence-electron chi connectivity index (χ2n) is 5.84. The van der Waals surface area contributed by atoms with Crippen LogP contribution in [-0.4, -0.2) is 18.2 Å². The Bertz CT molecular complexity index is 382. The molecule has 1 N–H and O–H groups in total. The molecule has 2 nitrogen and oxygen atoms in total. The average Bonchev–Trinajstić information content (AvgIpc) is 2.85. The number of halogens is 1. The van der Waals surface area contributed by atoms with E-state index in [-0.39, 0.29) is 5.60 Å². The molecular weight excluding hydrogens is 258 g/mol. The third-order valence-corrected chi connectivity index (χ3v) is 4.06. The van der Waals surface area contributed by atoms with Crippen molar-refractivity contribution in [3.63, 3.8) is 0 Å². The lowest BCUT2D eigenvalue weighted by molar-refractivity contribution is -0.0514. The molecule has 0 atom stereocenters. The molecule has 19 heavy (non-hydrogen) atoms. The summed E-state index contributed by atoms with van der Waals surface area (Å²) >= 11 is 5.90. The van der Waals surface area contributed by atoms with Gasteiger partial charge in [0.15, 0.2) is 0 Å². The summed E-state index contributed by atoms with van der Waals surface area (Å²) in [6.07, 6.45) is 4.89. The average molecular weight is 282 g/mol. The highest BCUT2D eigenvalue weighted by Crippen LogP contribution is 2.33. The van der Waals surface area contributed by atoms with Crippen molar-refractivity contribution in [2.75, 3.05) is 6.54 Å². The molecule has 1 saturated carbocycles. The quantitative estimate of drug-likeness (QED) is 0.845. The van der Waals surface area contributed by atoms with E-state index in [0.717, 1.165) is 11.6 Å². The van der Waals surface area contributed by atoms with E-state index in [1.165, 1.54) is 31.2 Å². The van der Waals surface area contributed by atoms with Crippen LogP contribution < -0.4 is 5.32 Å². The van der Waals surface area contributed by atoms with Crippen molar-refractivity contribution in [3.05, 3.63) is 34.9 Å². The van der Waals surface area contributed by atoms with Gasteiger partial charge in [-0.15, -0.1) is 0 Å². The van der Waals surface area contributed by atoms with Crippen molar-refractivity contribution in [1.29, 1.82) is 0 Å². The molecule has 0 radical (unpaired) electrons. The Morgan fingerprint density at radius 2 is 1.84 bits per heavy atom. The van der Waals surface area contributed by atoms with E-state index in [1.807, 2.05) is 24.3 Å². The van der Waals surface area contributed by atoms with Gasteiger partial charge in [-0.3, -0.25) is 0 Å². The van der Waals surface area contributed by atoms with Crippen molar-refractivity contribution >= 4 is 11.6 Å². The molecule has 1 aromatic rings. The lowest BCUT2D eigenvalue weighted by atomic mass is 10.0. The van der Waals surface area contributed by atoms with Crippen molar-refractivity contribution < 1.29 is 4.74 Å². The molecule has 0 amide bonds. The molecule has 1 aliphatic rings. The molecule has 0 aromatic heterocycles. The maximum Gasteiger partial charge on any atom is 0.0810 e. The summed E-state index contributed by atoms with van der Waals surface area (Å²) in [6, 6.07) is 8.44. The molecule has 2 rings (SSSR count). The zero-order chi connectivity index (χ0) is 13.7. The SMILES string of the molecule is CC(C)NCC1(OCc2ccc(Cl)cc2)CCCC1. The van der Waals surface area contributed by atoms with Crippen LogP contribution in [0.15, 0.2) is 24.3 Å². The van der Waals surface area contributed by atoms with Gasteiger partial charge in [0.2, 0.25) is 0 Å². The van der Waals surface area contributed by atoms with Gasteiger partial charge in [-0.1, -0.05) is 50.4 Å². The number of benzene rings is 1. The van der Waals surface area contributed by atoms with Crippen LogP contribution in [0, 0.1) is 0 Å². The molecule has 1 aliphatic carbocycles. The van der Waals surface area contributed by atoms with E-state index in [9.17, 15) is 0 Å². The van der Waals surface area contributed by atoms with E-state index >= 15 is 0 Å². The zero-order valence-electron chi connectivity index (χ0n) is 11.9. The summed E-state index contributed by atoms with van der Waals surface area (Å²) in [4.78, 5) is 0. The molecule has 1 fully saturated rings. The molecule has 3 heteroatoms. The van der Waals surface area contributed by atoms with Crippen LogP contribution in [0.5, 0.6) is 0 Å². The maximum absolute atomic E-state index is 6.26. The Morgan fingerprint density at radius 3 is 2.42 bits per heavy atom. The smallest absolute Gasteiger partial charge is 0.0810 e. The Morgan fingerprint density at radius 1 is 1.21 bits per heavy atom. The van der Waals surface area contributed by atoms with Crippen LogP contribution in [0.4, 0.5) is 0 Å². The lowest BCUT2D eigenvalue weighted by Gasteiger charge is -2.31. The predicted molar refractivity (Wildman–Crippen MR) is 80.6 cm³/mol. The molecule has 0 bridgehead atoms. The number of hydrogen-bond acceptors (Lipinski definition) is 2. The summed E-state index contributed by atoms with van der Waals surface area (Å²) in [5, 5.41) is 4.31. The van der Waals surface area contributed by atoms with Gasteiger partial charge in [-0.2, -0.15) is 0 Å². The van der Waals surface area contributed by atoms with Crippen LogP contribution >= 0.6 is 11.6 Å². The minimum absolute atomic E-state index is 0.0317.